The van der Waals surface area contributed by atoms with E-state index in [-0.39, 0.29) is 24.8 Å². The summed E-state index contributed by atoms with van der Waals surface area (Å²) in [5.41, 5.74) is 0. The summed E-state index contributed by atoms with van der Waals surface area (Å²) >= 11 is 0.816. The van der Waals surface area contributed by atoms with Gasteiger partial charge in [-0.1, -0.05) is 12.2 Å². The molecule has 2 N–H and O–H groups in total. The van der Waals surface area contributed by atoms with Crippen molar-refractivity contribution in [2.24, 2.45) is 0 Å². The van der Waals surface area contributed by atoms with E-state index < -0.39 is 0 Å². The smallest absolute Gasteiger partial charge is 0.354 e. The highest BCUT2D eigenvalue weighted by molar-refractivity contribution is 8.10. The molecule has 1 rings (SSSR count). The van der Waals surface area contributed by atoms with Gasteiger partial charge in [0.25, 0.3) is 0 Å². The van der Waals surface area contributed by atoms with Gasteiger partial charge in [-0.05, 0) is 12.8 Å². The van der Waals surface area contributed by atoms with E-state index >= 15 is 0 Å². The Morgan fingerprint density at radius 1 is 1.62 bits per heavy atom. The van der Waals surface area contributed by atoms with Crippen molar-refractivity contribution in [1.82, 2.24) is 10.5 Å². The van der Waals surface area contributed by atoms with Gasteiger partial charge in [-0.15, -0.1) is 0 Å². The van der Waals surface area contributed by atoms with Gasteiger partial charge in [-0.3, -0.25) is 4.79 Å². The zero-order chi connectivity index (χ0) is 11.8. The zero-order valence-electron chi connectivity index (χ0n) is 9.14. The van der Waals surface area contributed by atoms with E-state index in [4.69, 9.17) is 4.10 Å². The van der Waals surface area contributed by atoms with E-state index in [1.807, 2.05) is 12.2 Å². The molecular formula is C8H14B2N2O3S. The van der Waals surface area contributed by atoms with Crippen LogP contribution in [-0.4, -0.2) is 39.1 Å². The Kier molecular flexibility index (Phi) is 6.47. The first-order valence-corrected chi connectivity index (χ1v) is 5.86. The molecule has 16 heavy (non-hydrogen) atoms. The van der Waals surface area contributed by atoms with Crippen molar-refractivity contribution in [3.63, 3.8) is 0 Å². The van der Waals surface area contributed by atoms with Crippen LogP contribution in [0.1, 0.15) is 12.8 Å². The normalized spacial score (nSPS) is 29.9. The number of hydrogen-bond acceptors (Lipinski definition) is 6. The molecule has 0 aromatic heterocycles. The largest absolute Gasteiger partial charge is 0.376 e. The average molecular weight is 240 g/mol. The van der Waals surface area contributed by atoms with Gasteiger partial charge in [-0.2, -0.15) is 0 Å². The molecule has 8 heteroatoms. The molecule has 1 aliphatic heterocycles. The maximum Gasteiger partial charge on any atom is 0.376 e. The Morgan fingerprint density at radius 2 is 2.38 bits per heavy atom. The maximum atomic E-state index is 11.6. The van der Waals surface area contributed by atoms with Crippen molar-refractivity contribution in [2.45, 2.75) is 24.9 Å². The van der Waals surface area contributed by atoms with Gasteiger partial charge in [-0.25, -0.2) is 0 Å². The minimum absolute atomic E-state index is 0.0569. The molecule has 0 saturated heterocycles. The molecule has 1 heterocycles. The highest BCUT2D eigenvalue weighted by Crippen LogP contribution is 2.10. The number of aldehydes is 1. The van der Waals surface area contributed by atoms with Gasteiger partial charge in [0.2, 0.25) is 5.12 Å². The lowest BCUT2D eigenvalue weighted by Gasteiger charge is -2.11. The van der Waals surface area contributed by atoms with Crippen LogP contribution in [-0.2, 0) is 13.7 Å². The van der Waals surface area contributed by atoms with Crippen LogP contribution in [0.15, 0.2) is 12.2 Å². The number of carbonyl (C=O) groups excluding carboxylic acids is 2. The van der Waals surface area contributed by atoms with Crippen molar-refractivity contribution < 1.29 is 13.7 Å². The number of rotatable bonds is 2. The molecule has 1 aliphatic rings. The molecule has 0 aromatic carbocycles. The van der Waals surface area contributed by atoms with Crippen LogP contribution in [0.2, 0.25) is 0 Å². The highest BCUT2D eigenvalue weighted by atomic mass is 32.2. The molecule has 2 atom stereocenters. The van der Waals surface area contributed by atoms with E-state index in [0.717, 1.165) is 18.3 Å². The predicted octanol–water partition coefficient (Wildman–Crippen LogP) is -1.54. The van der Waals surface area contributed by atoms with Crippen molar-refractivity contribution in [1.29, 1.82) is 0 Å². The van der Waals surface area contributed by atoms with Gasteiger partial charge in [0.05, 0.1) is 24.1 Å². The van der Waals surface area contributed by atoms with Crippen LogP contribution in [0.5, 0.6) is 0 Å². The van der Waals surface area contributed by atoms with Crippen molar-refractivity contribution in [3.8, 4) is 0 Å². The van der Waals surface area contributed by atoms with Crippen LogP contribution in [0.25, 0.3) is 0 Å². The Balaban J connectivity index is 2.57. The van der Waals surface area contributed by atoms with E-state index in [2.05, 4.69) is 10.5 Å². The molecule has 0 unspecified atom stereocenters. The fourth-order valence-electron chi connectivity index (χ4n) is 1.28. The summed E-state index contributed by atoms with van der Waals surface area (Å²) in [4.78, 5) is 22.2. The molecule has 86 valence electrons. The molecular weight excluding hydrogens is 226 g/mol. The van der Waals surface area contributed by atoms with Crippen molar-refractivity contribution in [3.05, 3.63) is 12.2 Å². The van der Waals surface area contributed by atoms with E-state index in [9.17, 15) is 9.59 Å². The molecule has 5 nitrogen and oxygen atoms in total. The van der Waals surface area contributed by atoms with Crippen LogP contribution in [0.3, 0.4) is 0 Å². The van der Waals surface area contributed by atoms with Crippen LogP contribution < -0.4 is 10.5 Å². The number of carbonyl (C=O) groups is 2. The van der Waals surface area contributed by atoms with Crippen LogP contribution in [0.4, 0.5) is 0 Å². The second kappa shape index (κ2) is 7.67. The summed E-state index contributed by atoms with van der Waals surface area (Å²) in [6, 6.07) is -0.493. The summed E-state index contributed by atoms with van der Waals surface area (Å²) in [6.45, 7) is 0. The lowest BCUT2D eigenvalue weighted by molar-refractivity contribution is -0.112. The Bertz CT molecular complexity index is 278. The van der Waals surface area contributed by atoms with Crippen molar-refractivity contribution >= 4 is 39.0 Å². The average Bonchev–Trinajstić information content (AvgIpc) is 2.34. The molecule has 0 aliphatic carbocycles. The Morgan fingerprint density at radius 3 is 3.06 bits per heavy atom. The van der Waals surface area contributed by atoms with Crippen molar-refractivity contribution in [2.75, 3.05) is 0 Å². The third-order valence-corrected chi connectivity index (χ3v) is 2.96. The van der Waals surface area contributed by atoms with E-state index in [0.29, 0.717) is 12.8 Å². The van der Waals surface area contributed by atoms with E-state index in [1.54, 1.807) is 7.98 Å². The second-order valence-electron chi connectivity index (χ2n) is 3.40. The molecule has 0 fully saturated rings. The fraction of sp³-hybridized carbons (Fsp3) is 0.500. The third kappa shape index (κ3) is 4.52. The number of nitrogens with one attached hydrogen (secondary N) is 2. The van der Waals surface area contributed by atoms with E-state index in [1.165, 1.54) is 0 Å². The summed E-state index contributed by atoms with van der Waals surface area (Å²) in [6.07, 6.45) is 5.87. The lowest BCUT2D eigenvalue weighted by Crippen LogP contribution is -2.35. The first kappa shape index (κ1) is 13.5. The monoisotopic (exact) mass is 240 g/mol. The molecule has 0 radical (unpaired) electrons. The summed E-state index contributed by atoms with van der Waals surface area (Å²) in [5, 5.41) is 5.75. The standard InChI is InChI=1S/C8H14B2N2O3S/c9-11-7-4-2-1-3-6(5-13)12-10-15-16-8(7)14/h1-2,5-7,10-12H,3-4,9H2/b2-1-/t6-,7-/m0/s1. The quantitative estimate of drug-likeness (QED) is 0.264. The summed E-state index contributed by atoms with van der Waals surface area (Å²) < 4.78 is 5.07. The minimum Gasteiger partial charge on any atom is -0.354 e. The third-order valence-electron chi connectivity index (χ3n) is 2.27. The first-order valence-electron chi connectivity index (χ1n) is 5.12. The second-order valence-corrected chi connectivity index (χ2v) is 4.20. The van der Waals surface area contributed by atoms with Gasteiger partial charge in [0.15, 0.2) is 7.98 Å². The molecule has 0 aromatic rings. The highest BCUT2D eigenvalue weighted by Gasteiger charge is 2.17. The maximum absolute atomic E-state index is 11.6. The predicted molar refractivity (Wildman–Crippen MR) is 67.7 cm³/mol. The first-order chi connectivity index (χ1) is 7.77. The Labute approximate surface area is 101 Å². The SMILES string of the molecule is BN[C@H]1C/C=C\C[C@@H](C=O)NBOSC1=O. The van der Waals surface area contributed by atoms with Gasteiger partial charge in [0.1, 0.15) is 6.29 Å². The van der Waals surface area contributed by atoms with Crippen LogP contribution >= 0.6 is 12.0 Å². The molecule has 0 saturated carbocycles. The van der Waals surface area contributed by atoms with Crippen LogP contribution in [0, 0.1) is 0 Å². The molecule has 0 spiro atoms. The molecule has 0 amide bonds. The number of hydrogen-bond donors (Lipinski definition) is 2. The summed E-state index contributed by atoms with van der Waals surface area (Å²) in [7, 11) is 1.92. The zero-order valence-corrected chi connectivity index (χ0v) is 9.96. The lowest BCUT2D eigenvalue weighted by atomic mass is 10.1. The fourth-order valence-corrected chi connectivity index (χ4v) is 1.85. The Hall–Kier alpha value is -0.560. The topological polar surface area (TPSA) is 67.4 Å². The molecule has 0 bridgehead atoms. The van der Waals surface area contributed by atoms with Gasteiger partial charge >= 0.3 is 7.62 Å². The summed E-state index contributed by atoms with van der Waals surface area (Å²) in [5.74, 6) is 0. The van der Waals surface area contributed by atoms with Gasteiger partial charge in [0, 0.05) is 0 Å². The minimum atomic E-state index is -0.252. The van der Waals surface area contributed by atoms with Gasteiger partial charge < -0.3 is 19.4 Å².